The molecule has 112 valence electrons. The fourth-order valence-corrected chi connectivity index (χ4v) is 1.93. The van der Waals surface area contributed by atoms with Crippen LogP contribution < -0.4 is 5.32 Å². The van der Waals surface area contributed by atoms with Crippen LogP contribution in [0.1, 0.15) is 5.69 Å². The van der Waals surface area contributed by atoms with Gasteiger partial charge in [0.25, 0.3) is 5.69 Å². The Morgan fingerprint density at radius 2 is 2.33 bits per heavy atom. The lowest BCUT2D eigenvalue weighted by Crippen LogP contribution is -2.18. The molecule has 2 aromatic rings. The molecule has 0 atom stereocenters. The monoisotopic (exact) mass is 311 g/mol. The third kappa shape index (κ3) is 3.97. The average molecular weight is 312 g/mol. The number of hydrogen-bond donors (Lipinski definition) is 1. The first-order valence-electron chi connectivity index (χ1n) is 6.17. The van der Waals surface area contributed by atoms with Gasteiger partial charge in [0.05, 0.1) is 29.1 Å². The van der Waals surface area contributed by atoms with Crippen molar-refractivity contribution < 1.29 is 9.66 Å². The summed E-state index contributed by atoms with van der Waals surface area (Å²) in [6.07, 6.45) is 1.73. The third-order valence-electron chi connectivity index (χ3n) is 2.72. The molecule has 1 N–H and O–H groups in total. The maximum Gasteiger partial charge on any atom is 0.288 e. The van der Waals surface area contributed by atoms with Crippen LogP contribution >= 0.6 is 11.6 Å². The van der Waals surface area contributed by atoms with Gasteiger partial charge in [0.2, 0.25) is 0 Å². The number of nitrogens with one attached hydrogen (secondary N) is 1. The largest absolute Gasteiger partial charge is 0.383 e. The molecule has 0 saturated carbocycles. The number of hydrogen-bond acceptors (Lipinski definition) is 6. The maximum absolute atomic E-state index is 10.7. The zero-order valence-electron chi connectivity index (χ0n) is 11.3. The Balaban J connectivity index is 2.07. The van der Waals surface area contributed by atoms with Gasteiger partial charge in [0.15, 0.2) is 0 Å². The molecule has 0 aliphatic carbocycles. The van der Waals surface area contributed by atoms with E-state index < -0.39 is 4.92 Å². The van der Waals surface area contributed by atoms with Gasteiger partial charge in [-0.2, -0.15) is 0 Å². The van der Waals surface area contributed by atoms with Crippen LogP contribution in [-0.4, -0.2) is 40.2 Å². The van der Waals surface area contributed by atoms with Crippen molar-refractivity contribution in [3.05, 3.63) is 45.2 Å². The molecule has 0 radical (unpaired) electrons. The number of nitrogens with zero attached hydrogens (tertiary/aromatic N) is 4. The molecule has 0 spiro atoms. The molecule has 1 heterocycles. The molecular formula is C12H14ClN5O3. The first kappa shape index (κ1) is 15.4. The first-order chi connectivity index (χ1) is 10.1. The summed E-state index contributed by atoms with van der Waals surface area (Å²) in [5.41, 5.74) is 1.23. The molecule has 2 rings (SSSR count). The SMILES string of the molecule is COCCNCc1cn(-c2ccc([N+](=O)[O-])c(Cl)c2)nn1. The summed E-state index contributed by atoms with van der Waals surface area (Å²) in [5, 5.41) is 21.9. The summed E-state index contributed by atoms with van der Waals surface area (Å²) in [5.74, 6) is 0. The third-order valence-corrected chi connectivity index (χ3v) is 3.03. The highest BCUT2D eigenvalue weighted by molar-refractivity contribution is 6.32. The molecule has 8 nitrogen and oxygen atoms in total. The minimum Gasteiger partial charge on any atom is -0.383 e. The highest BCUT2D eigenvalue weighted by Gasteiger charge is 2.13. The highest BCUT2D eigenvalue weighted by Crippen LogP contribution is 2.26. The summed E-state index contributed by atoms with van der Waals surface area (Å²) in [4.78, 5) is 10.2. The summed E-state index contributed by atoms with van der Waals surface area (Å²) < 4.78 is 6.44. The van der Waals surface area contributed by atoms with Gasteiger partial charge in [-0.05, 0) is 12.1 Å². The zero-order valence-corrected chi connectivity index (χ0v) is 12.1. The van der Waals surface area contributed by atoms with E-state index in [4.69, 9.17) is 16.3 Å². The summed E-state index contributed by atoms with van der Waals surface area (Å²) in [6.45, 7) is 1.89. The van der Waals surface area contributed by atoms with Gasteiger partial charge in [-0.3, -0.25) is 10.1 Å². The fourth-order valence-electron chi connectivity index (χ4n) is 1.68. The second-order valence-electron chi connectivity index (χ2n) is 4.22. The van der Waals surface area contributed by atoms with Crippen molar-refractivity contribution in [2.24, 2.45) is 0 Å². The van der Waals surface area contributed by atoms with E-state index in [2.05, 4.69) is 15.6 Å². The van der Waals surface area contributed by atoms with Gasteiger partial charge in [-0.15, -0.1) is 5.10 Å². The second kappa shape index (κ2) is 7.11. The van der Waals surface area contributed by atoms with E-state index in [0.717, 1.165) is 5.69 Å². The summed E-state index contributed by atoms with van der Waals surface area (Å²) in [6, 6.07) is 4.40. The van der Waals surface area contributed by atoms with Crippen LogP contribution in [0.25, 0.3) is 5.69 Å². The Labute approximate surface area is 125 Å². The van der Waals surface area contributed by atoms with Gasteiger partial charge >= 0.3 is 0 Å². The molecule has 0 aliphatic heterocycles. The second-order valence-corrected chi connectivity index (χ2v) is 4.62. The zero-order chi connectivity index (χ0) is 15.2. The Hall–Kier alpha value is -2.03. The van der Waals surface area contributed by atoms with Crippen molar-refractivity contribution in [1.82, 2.24) is 20.3 Å². The van der Waals surface area contributed by atoms with E-state index >= 15 is 0 Å². The number of methoxy groups -OCH3 is 1. The number of benzene rings is 1. The number of halogens is 1. The first-order valence-corrected chi connectivity index (χ1v) is 6.55. The summed E-state index contributed by atoms with van der Waals surface area (Å²) in [7, 11) is 1.64. The van der Waals surface area contributed by atoms with Crippen LogP contribution in [0.15, 0.2) is 24.4 Å². The van der Waals surface area contributed by atoms with Gasteiger partial charge in [0.1, 0.15) is 5.02 Å². The van der Waals surface area contributed by atoms with Crippen molar-refractivity contribution in [2.45, 2.75) is 6.54 Å². The van der Waals surface area contributed by atoms with Crippen molar-refractivity contribution >= 4 is 17.3 Å². The molecule has 1 aromatic carbocycles. The smallest absolute Gasteiger partial charge is 0.288 e. The Morgan fingerprint density at radius 1 is 1.52 bits per heavy atom. The molecule has 0 fully saturated rings. The lowest BCUT2D eigenvalue weighted by Gasteiger charge is -2.01. The maximum atomic E-state index is 10.7. The van der Waals surface area contributed by atoms with Crippen molar-refractivity contribution in [2.75, 3.05) is 20.3 Å². The standard InChI is InChI=1S/C12H14ClN5O3/c1-21-5-4-14-7-9-8-17(16-15-9)10-2-3-12(18(19)20)11(13)6-10/h2-3,6,8,14H,4-5,7H2,1H3. The Morgan fingerprint density at radius 3 is 3.00 bits per heavy atom. The molecule has 9 heteroatoms. The lowest BCUT2D eigenvalue weighted by atomic mass is 10.3. The van der Waals surface area contributed by atoms with Gasteiger partial charge in [0, 0.05) is 26.3 Å². The van der Waals surface area contributed by atoms with Crippen LogP contribution in [0.3, 0.4) is 0 Å². The molecule has 0 amide bonds. The van der Waals surface area contributed by atoms with Gasteiger partial charge in [-0.25, -0.2) is 4.68 Å². The minimum atomic E-state index is -0.529. The highest BCUT2D eigenvalue weighted by atomic mass is 35.5. The van der Waals surface area contributed by atoms with Crippen LogP contribution in [0.5, 0.6) is 0 Å². The molecule has 21 heavy (non-hydrogen) atoms. The van der Waals surface area contributed by atoms with E-state index in [0.29, 0.717) is 25.4 Å². The lowest BCUT2D eigenvalue weighted by molar-refractivity contribution is -0.384. The normalized spacial score (nSPS) is 10.8. The van der Waals surface area contributed by atoms with Crippen molar-refractivity contribution in [1.29, 1.82) is 0 Å². The topological polar surface area (TPSA) is 95.1 Å². The molecule has 0 saturated heterocycles. The van der Waals surface area contributed by atoms with Gasteiger partial charge in [-0.1, -0.05) is 16.8 Å². The quantitative estimate of drug-likeness (QED) is 0.474. The minimum absolute atomic E-state index is 0.0627. The predicted octanol–water partition coefficient (Wildman–Crippen LogP) is 1.56. The number of ether oxygens (including phenoxy) is 1. The average Bonchev–Trinajstić information content (AvgIpc) is 2.92. The van der Waals surface area contributed by atoms with Crippen molar-refractivity contribution in [3.63, 3.8) is 0 Å². The van der Waals surface area contributed by atoms with Crippen LogP contribution in [-0.2, 0) is 11.3 Å². The number of rotatable bonds is 7. The van der Waals surface area contributed by atoms with E-state index in [9.17, 15) is 10.1 Å². The molecular weight excluding hydrogens is 298 g/mol. The Kier molecular flexibility index (Phi) is 5.20. The van der Waals surface area contributed by atoms with E-state index in [1.807, 2.05) is 0 Å². The van der Waals surface area contributed by atoms with Crippen LogP contribution in [0.4, 0.5) is 5.69 Å². The Bertz CT molecular complexity index is 631. The number of nitro benzene ring substituents is 1. The molecule has 0 unspecified atom stereocenters. The fraction of sp³-hybridized carbons (Fsp3) is 0.333. The molecule has 1 aromatic heterocycles. The van der Waals surface area contributed by atoms with E-state index in [-0.39, 0.29) is 10.7 Å². The predicted molar refractivity (Wildman–Crippen MR) is 76.6 cm³/mol. The number of nitro groups is 1. The van der Waals surface area contributed by atoms with Gasteiger partial charge < -0.3 is 10.1 Å². The summed E-state index contributed by atoms with van der Waals surface area (Å²) >= 11 is 5.87. The van der Waals surface area contributed by atoms with E-state index in [1.54, 1.807) is 19.4 Å². The molecule has 0 bridgehead atoms. The number of aromatic nitrogens is 3. The van der Waals surface area contributed by atoms with Crippen LogP contribution in [0.2, 0.25) is 5.02 Å². The van der Waals surface area contributed by atoms with Crippen molar-refractivity contribution in [3.8, 4) is 5.69 Å². The van der Waals surface area contributed by atoms with Crippen LogP contribution in [0, 0.1) is 10.1 Å². The molecule has 0 aliphatic rings. The van der Waals surface area contributed by atoms with E-state index in [1.165, 1.54) is 16.8 Å².